The lowest BCUT2D eigenvalue weighted by molar-refractivity contribution is 0.136. The Bertz CT molecular complexity index is 362. The number of aliphatic hydroxyl groups excluding tert-OH is 1. The third kappa shape index (κ3) is 3.82. The maximum Gasteiger partial charge on any atom is 0.0558 e. The minimum atomic E-state index is 0.296. The van der Waals surface area contributed by atoms with Crippen molar-refractivity contribution in [3.8, 4) is 0 Å². The van der Waals surface area contributed by atoms with Crippen molar-refractivity contribution in [2.24, 2.45) is 5.92 Å². The first kappa shape index (κ1) is 13.6. The first-order chi connectivity index (χ1) is 8.79. The Hall–Kier alpha value is -0.860. The van der Waals surface area contributed by atoms with Crippen molar-refractivity contribution in [3.63, 3.8) is 0 Å². The molecule has 0 saturated carbocycles. The van der Waals surface area contributed by atoms with Crippen LogP contribution in [-0.4, -0.2) is 36.2 Å². The molecule has 0 aliphatic carbocycles. The van der Waals surface area contributed by atoms with Gasteiger partial charge in [-0.15, -0.1) is 0 Å². The number of nitrogens with zero attached hydrogens (tertiary/aromatic N) is 1. The highest BCUT2D eigenvalue weighted by Crippen LogP contribution is 2.22. The van der Waals surface area contributed by atoms with Crippen LogP contribution in [0.25, 0.3) is 0 Å². The zero-order chi connectivity index (χ0) is 12.8. The van der Waals surface area contributed by atoms with E-state index in [2.05, 4.69) is 36.1 Å². The SMILES string of the molecule is Cc1ccccc1CC[C@@H]1CCCN(CCO)C1. The van der Waals surface area contributed by atoms with Crippen molar-refractivity contribution in [2.45, 2.75) is 32.6 Å². The Morgan fingerprint density at radius 2 is 2.17 bits per heavy atom. The van der Waals surface area contributed by atoms with Crippen LogP contribution in [0.5, 0.6) is 0 Å². The summed E-state index contributed by atoms with van der Waals surface area (Å²) in [6.45, 7) is 5.69. The van der Waals surface area contributed by atoms with E-state index in [0.717, 1.165) is 12.5 Å². The summed E-state index contributed by atoms with van der Waals surface area (Å²) in [4.78, 5) is 2.41. The van der Waals surface area contributed by atoms with Crippen LogP contribution < -0.4 is 0 Å². The van der Waals surface area contributed by atoms with E-state index in [1.54, 1.807) is 0 Å². The molecule has 0 bridgehead atoms. The summed E-state index contributed by atoms with van der Waals surface area (Å²) in [6, 6.07) is 8.71. The van der Waals surface area contributed by atoms with Gasteiger partial charge in [0.2, 0.25) is 0 Å². The number of β-amino-alcohol motifs (C(OH)–C–C–N with tert-alkyl or cyclic N) is 1. The highest BCUT2D eigenvalue weighted by atomic mass is 16.3. The number of likely N-dealkylation sites (tertiary alicyclic amines) is 1. The first-order valence-corrected chi connectivity index (χ1v) is 7.17. The maximum atomic E-state index is 9.01. The number of piperidine rings is 1. The molecule has 2 rings (SSSR count). The highest BCUT2D eigenvalue weighted by molar-refractivity contribution is 5.25. The van der Waals surface area contributed by atoms with Gasteiger partial charge in [-0.25, -0.2) is 0 Å². The van der Waals surface area contributed by atoms with E-state index in [-0.39, 0.29) is 0 Å². The van der Waals surface area contributed by atoms with Gasteiger partial charge in [0.1, 0.15) is 0 Å². The molecule has 2 heteroatoms. The molecular formula is C16H25NO. The van der Waals surface area contributed by atoms with Gasteiger partial charge in [-0.05, 0) is 56.2 Å². The van der Waals surface area contributed by atoms with Crippen LogP contribution >= 0.6 is 0 Å². The fraction of sp³-hybridized carbons (Fsp3) is 0.625. The van der Waals surface area contributed by atoms with E-state index in [1.165, 1.54) is 49.9 Å². The zero-order valence-electron chi connectivity index (χ0n) is 11.4. The van der Waals surface area contributed by atoms with E-state index in [9.17, 15) is 0 Å². The summed E-state index contributed by atoms with van der Waals surface area (Å²) >= 11 is 0. The van der Waals surface area contributed by atoms with E-state index < -0.39 is 0 Å². The lowest BCUT2D eigenvalue weighted by Gasteiger charge is -2.32. The van der Waals surface area contributed by atoms with Crippen LogP contribution in [0, 0.1) is 12.8 Å². The molecule has 1 aliphatic heterocycles. The topological polar surface area (TPSA) is 23.5 Å². The summed E-state index contributed by atoms with van der Waals surface area (Å²) in [7, 11) is 0. The third-order valence-corrected chi connectivity index (χ3v) is 4.10. The van der Waals surface area contributed by atoms with Crippen molar-refractivity contribution in [1.29, 1.82) is 0 Å². The van der Waals surface area contributed by atoms with Crippen molar-refractivity contribution in [2.75, 3.05) is 26.2 Å². The van der Waals surface area contributed by atoms with Crippen LogP contribution in [0.15, 0.2) is 24.3 Å². The summed E-state index contributed by atoms with van der Waals surface area (Å²) in [6.07, 6.45) is 5.13. The molecular weight excluding hydrogens is 222 g/mol. The summed E-state index contributed by atoms with van der Waals surface area (Å²) in [5.41, 5.74) is 2.91. The maximum absolute atomic E-state index is 9.01. The predicted octanol–water partition coefficient (Wildman–Crippen LogP) is 2.63. The van der Waals surface area contributed by atoms with Crippen LogP contribution in [0.2, 0.25) is 0 Å². The van der Waals surface area contributed by atoms with Gasteiger partial charge in [-0.3, -0.25) is 0 Å². The lowest BCUT2D eigenvalue weighted by Crippen LogP contribution is -2.37. The standard InChI is InChI=1S/C16H25NO/c1-14-5-2-3-7-16(14)9-8-15-6-4-10-17(13-15)11-12-18/h2-3,5,7,15,18H,4,6,8-13H2,1H3/t15-/m0/s1. The van der Waals surface area contributed by atoms with E-state index >= 15 is 0 Å². The van der Waals surface area contributed by atoms with Crippen LogP contribution in [0.4, 0.5) is 0 Å². The normalized spacial score (nSPS) is 21.1. The average Bonchev–Trinajstić information content (AvgIpc) is 2.39. The van der Waals surface area contributed by atoms with E-state index in [1.807, 2.05) is 0 Å². The summed E-state index contributed by atoms with van der Waals surface area (Å²) in [5.74, 6) is 0.810. The third-order valence-electron chi connectivity index (χ3n) is 4.10. The Kier molecular flexibility index (Phi) is 5.21. The molecule has 1 saturated heterocycles. The Labute approximate surface area is 111 Å². The van der Waals surface area contributed by atoms with Gasteiger partial charge in [-0.1, -0.05) is 24.3 Å². The van der Waals surface area contributed by atoms with Crippen molar-refractivity contribution in [3.05, 3.63) is 35.4 Å². The predicted molar refractivity (Wildman–Crippen MR) is 75.7 cm³/mol. The van der Waals surface area contributed by atoms with Crippen LogP contribution in [0.1, 0.15) is 30.4 Å². The molecule has 1 fully saturated rings. The average molecular weight is 247 g/mol. The number of benzene rings is 1. The molecule has 0 amide bonds. The molecule has 2 nitrogen and oxygen atoms in total. The Morgan fingerprint density at radius 1 is 1.33 bits per heavy atom. The number of hydrogen-bond donors (Lipinski definition) is 1. The largest absolute Gasteiger partial charge is 0.395 e. The fourth-order valence-corrected chi connectivity index (χ4v) is 2.98. The number of hydrogen-bond acceptors (Lipinski definition) is 2. The molecule has 1 aromatic carbocycles. The fourth-order valence-electron chi connectivity index (χ4n) is 2.98. The molecule has 100 valence electrons. The van der Waals surface area contributed by atoms with Gasteiger partial charge in [0.15, 0.2) is 0 Å². The summed E-state index contributed by atoms with van der Waals surface area (Å²) < 4.78 is 0. The molecule has 1 aromatic rings. The van der Waals surface area contributed by atoms with Gasteiger partial charge in [-0.2, -0.15) is 0 Å². The zero-order valence-corrected chi connectivity index (χ0v) is 11.4. The second kappa shape index (κ2) is 6.91. The molecule has 0 radical (unpaired) electrons. The van der Waals surface area contributed by atoms with Gasteiger partial charge in [0.05, 0.1) is 6.61 Å². The van der Waals surface area contributed by atoms with Crippen molar-refractivity contribution in [1.82, 2.24) is 4.90 Å². The molecule has 0 aromatic heterocycles. The number of aliphatic hydroxyl groups is 1. The molecule has 18 heavy (non-hydrogen) atoms. The Balaban J connectivity index is 1.81. The molecule has 1 atom stereocenters. The molecule has 1 heterocycles. The van der Waals surface area contributed by atoms with Gasteiger partial charge >= 0.3 is 0 Å². The van der Waals surface area contributed by atoms with Crippen LogP contribution in [-0.2, 0) is 6.42 Å². The second-order valence-electron chi connectivity index (χ2n) is 5.50. The highest BCUT2D eigenvalue weighted by Gasteiger charge is 2.19. The smallest absolute Gasteiger partial charge is 0.0558 e. The lowest BCUT2D eigenvalue weighted by atomic mass is 9.90. The number of aryl methyl sites for hydroxylation is 2. The minimum absolute atomic E-state index is 0.296. The van der Waals surface area contributed by atoms with Gasteiger partial charge in [0.25, 0.3) is 0 Å². The first-order valence-electron chi connectivity index (χ1n) is 7.17. The van der Waals surface area contributed by atoms with Gasteiger partial charge in [0, 0.05) is 13.1 Å². The monoisotopic (exact) mass is 247 g/mol. The minimum Gasteiger partial charge on any atom is -0.395 e. The van der Waals surface area contributed by atoms with Gasteiger partial charge < -0.3 is 10.0 Å². The molecule has 0 unspecified atom stereocenters. The van der Waals surface area contributed by atoms with Crippen molar-refractivity contribution >= 4 is 0 Å². The Morgan fingerprint density at radius 3 is 2.94 bits per heavy atom. The van der Waals surface area contributed by atoms with Crippen LogP contribution in [0.3, 0.4) is 0 Å². The molecule has 1 N–H and O–H groups in total. The molecule has 0 spiro atoms. The number of rotatable bonds is 5. The molecule has 1 aliphatic rings. The second-order valence-corrected chi connectivity index (χ2v) is 5.50. The quantitative estimate of drug-likeness (QED) is 0.864. The van der Waals surface area contributed by atoms with Crippen molar-refractivity contribution < 1.29 is 5.11 Å². The van der Waals surface area contributed by atoms with E-state index in [4.69, 9.17) is 5.11 Å². The summed E-state index contributed by atoms with van der Waals surface area (Å²) in [5, 5.41) is 9.01. The van der Waals surface area contributed by atoms with E-state index in [0.29, 0.717) is 6.61 Å².